The van der Waals surface area contributed by atoms with E-state index in [1.54, 1.807) is 50.2 Å². The summed E-state index contributed by atoms with van der Waals surface area (Å²) in [6, 6.07) is 12.4. The van der Waals surface area contributed by atoms with Gasteiger partial charge in [0.2, 0.25) is 12.6 Å². The Hall–Kier alpha value is -6.02. The van der Waals surface area contributed by atoms with Crippen LogP contribution in [0.15, 0.2) is 55.1 Å². The Morgan fingerprint density at radius 2 is 1.60 bits per heavy atom. The first-order valence-electron chi connectivity index (χ1n) is 17.8. The number of rotatable bonds is 18. The number of aliphatic hydroxyl groups is 1. The van der Waals surface area contributed by atoms with Crippen LogP contribution in [0.5, 0.6) is 0 Å². The van der Waals surface area contributed by atoms with Crippen molar-refractivity contribution < 1.29 is 52.8 Å². The van der Waals surface area contributed by atoms with E-state index in [-0.39, 0.29) is 46.6 Å². The second kappa shape index (κ2) is 18.8. The van der Waals surface area contributed by atoms with Gasteiger partial charge in [-0.05, 0) is 70.8 Å². The molecule has 2 atom stereocenters. The summed E-state index contributed by atoms with van der Waals surface area (Å²) in [6.07, 6.45) is 0.575. The fourth-order valence-corrected chi connectivity index (χ4v) is 5.42. The molecule has 55 heavy (non-hydrogen) atoms. The molecule has 4 rings (SSSR count). The highest BCUT2D eigenvalue weighted by Gasteiger charge is 2.28. The minimum Gasteiger partial charge on any atom is -0.426 e. The molecule has 0 spiro atoms. The third-order valence-electron chi connectivity index (χ3n) is 8.47. The van der Waals surface area contributed by atoms with Gasteiger partial charge in [-0.15, -0.1) is 0 Å². The highest BCUT2D eigenvalue weighted by Crippen LogP contribution is 2.33. The maximum atomic E-state index is 14.1. The van der Waals surface area contributed by atoms with E-state index >= 15 is 0 Å². The van der Waals surface area contributed by atoms with Crippen molar-refractivity contribution in [1.29, 1.82) is 5.41 Å². The number of nitrogens with one attached hydrogen (secondary N) is 2. The predicted molar refractivity (Wildman–Crippen MR) is 200 cm³/mol. The van der Waals surface area contributed by atoms with Crippen LogP contribution >= 0.6 is 0 Å². The van der Waals surface area contributed by atoms with Crippen LogP contribution in [-0.2, 0) is 46.4 Å². The minimum absolute atomic E-state index is 0.0553. The largest absolute Gasteiger partial charge is 0.426 e. The van der Waals surface area contributed by atoms with Gasteiger partial charge in [0.15, 0.2) is 11.5 Å². The number of aliphatic hydroxyl groups excluding tert-OH is 1. The van der Waals surface area contributed by atoms with Crippen LogP contribution in [0, 0.1) is 17.2 Å². The lowest BCUT2D eigenvalue weighted by molar-refractivity contribution is -0.182. The first-order valence-corrected chi connectivity index (χ1v) is 17.8. The Morgan fingerprint density at radius 3 is 2.20 bits per heavy atom. The van der Waals surface area contributed by atoms with Crippen molar-refractivity contribution in [2.45, 2.75) is 79.5 Å². The maximum absolute atomic E-state index is 14.1. The van der Waals surface area contributed by atoms with Crippen LogP contribution in [0.3, 0.4) is 0 Å². The number of nitrogens with zero attached hydrogens (tertiary/aromatic N) is 1. The van der Waals surface area contributed by atoms with E-state index in [0.29, 0.717) is 34.7 Å². The normalized spacial score (nSPS) is 13.2. The Labute approximate surface area is 318 Å². The van der Waals surface area contributed by atoms with Gasteiger partial charge in [0.25, 0.3) is 5.91 Å². The van der Waals surface area contributed by atoms with E-state index in [0.717, 1.165) is 12.8 Å². The molecule has 1 aliphatic carbocycles. The molecular weight excluding hydrogens is 710 g/mol. The first-order chi connectivity index (χ1) is 26.1. The number of amides is 1. The molecule has 1 fully saturated rings. The van der Waals surface area contributed by atoms with Gasteiger partial charge in [0.05, 0.1) is 18.9 Å². The standard InChI is InChI=1S/C41H45N3O11/c1-7-28-17-33(36(47)16-26-10-12-29(13-11-26)34(42)19-37(48)53-24(5)52-23(4)46)32(18-30(28)21-45)31-14-15-35(39(49)43-20-27-8-9-27)44-38(31)41(51)55-25(6)54-40(50)22(2)3/h7,10-15,17-18,22,24-25,27,42,45H,1,8-9,16,19-21H2,2-6H3,(H,43,49). The summed E-state index contributed by atoms with van der Waals surface area (Å²) in [4.78, 5) is 80.8. The summed E-state index contributed by atoms with van der Waals surface area (Å²) in [6.45, 7) is 11.0. The summed E-state index contributed by atoms with van der Waals surface area (Å²) in [5.74, 6) is -3.99. The highest BCUT2D eigenvalue weighted by atomic mass is 16.7. The number of ketones is 1. The molecule has 0 saturated heterocycles. The van der Waals surface area contributed by atoms with Gasteiger partial charge in [-0.3, -0.25) is 24.0 Å². The molecule has 1 heterocycles. The number of pyridine rings is 1. The van der Waals surface area contributed by atoms with Gasteiger partial charge in [0.1, 0.15) is 5.69 Å². The van der Waals surface area contributed by atoms with Crippen LogP contribution in [0.25, 0.3) is 17.2 Å². The van der Waals surface area contributed by atoms with E-state index in [4.69, 9.17) is 24.4 Å². The molecule has 0 aliphatic heterocycles. The first kappa shape index (κ1) is 41.7. The van der Waals surface area contributed by atoms with Gasteiger partial charge in [-0.1, -0.05) is 50.8 Å². The number of carbonyl (C=O) groups excluding carboxylic acids is 6. The van der Waals surface area contributed by atoms with Crippen molar-refractivity contribution >= 4 is 47.4 Å². The fraction of sp³-hybridized carbons (Fsp3) is 0.366. The Balaban J connectivity index is 1.66. The second-order valence-corrected chi connectivity index (χ2v) is 13.4. The molecule has 1 saturated carbocycles. The minimum atomic E-state index is -1.30. The Morgan fingerprint density at radius 1 is 0.927 bits per heavy atom. The number of aromatic nitrogens is 1. The molecule has 14 nitrogen and oxygen atoms in total. The number of hydrogen-bond donors (Lipinski definition) is 3. The molecule has 2 unspecified atom stereocenters. The lowest BCUT2D eigenvalue weighted by Gasteiger charge is -2.19. The van der Waals surface area contributed by atoms with Crippen molar-refractivity contribution in [3.8, 4) is 11.1 Å². The van der Waals surface area contributed by atoms with Crippen molar-refractivity contribution in [3.05, 3.63) is 94.3 Å². The van der Waals surface area contributed by atoms with E-state index in [1.165, 1.54) is 39.0 Å². The number of benzene rings is 2. The summed E-state index contributed by atoms with van der Waals surface area (Å²) >= 11 is 0. The van der Waals surface area contributed by atoms with Crippen LogP contribution in [0.1, 0.15) is 107 Å². The highest BCUT2D eigenvalue weighted by molar-refractivity contribution is 6.09. The summed E-state index contributed by atoms with van der Waals surface area (Å²) in [7, 11) is 0. The third kappa shape index (κ3) is 11.7. The molecule has 1 aliphatic rings. The topological polar surface area (TPSA) is 208 Å². The summed E-state index contributed by atoms with van der Waals surface area (Å²) in [5.41, 5.74) is 1.87. The summed E-state index contributed by atoms with van der Waals surface area (Å²) in [5, 5.41) is 21.4. The molecule has 2 aromatic carbocycles. The zero-order chi connectivity index (χ0) is 40.4. The zero-order valence-electron chi connectivity index (χ0n) is 31.4. The van der Waals surface area contributed by atoms with Gasteiger partial charge in [-0.25, -0.2) is 9.78 Å². The molecule has 0 radical (unpaired) electrons. The van der Waals surface area contributed by atoms with Crippen molar-refractivity contribution in [2.75, 3.05) is 6.54 Å². The summed E-state index contributed by atoms with van der Waals surface area (Å²) < 4.78 is 20.5. The van der Waals surface area contributed by atoms with Gasteiger partial charge in [0, 0.05) is 50.6 Å². The van der Waals surface area contributed by atoms with Gasteiger partial charge < -0.3 is 34.8 Å². The lowest BCUT2D eigenvalue weighted by atomic mass is 9.89. The predicted octanol–water partition coefficient (Wildman–Crippen LogP) is 5.36. The average Bonchev–Trinajstić information content (AvgIpc) is 3.97. The molecular formula is C41H45N3O11. The number of Topliss-reactive ketones (excluding diaryl/α,β-unsaturated/α-hetero) is 1. The monoisotopic (exact) mass is 755 g/mol. The molecule has 1 amide bonds. The van der Waals surface area contributed by atoms with Crippen LogP contribution in [0.2, 0.25) is 0 Å². The molecule has 0 bridgehead atoms. The number of ether oxygens (including phenoxy) is 4. The Bertz CT molecular complexity index is 1980. The van der Waals surface area contributed by atoms with Crippen LogP contribution in [0.4, 0.5) is 0 Å². The molecule has 1 aromatic heterocycles. The van der Waals surface area contributed by atoms with Crippen LogP contribution < -0.4 is 5.32 Å². The van der Waals surface area contributed by atoms with Crippen LogP contribution in [-0.4, -0.2) is 70.5 Å². The smallest absolute Gasteiger partial charge is 0.360 e. The van der Waals surface area contributed by atoms with Crippen molar-refractivity contribution in [2.24, 2.45) is 11.8 Å². The van der Waals surface area contributed by atoms with E-state index in [2.05, 4.69) is 16.9 Å². The molecule has 290 valence electrons. The maximum Gasteiger partial charge on any atom is 0.360 e. The number of esters is 4. The third-order valence-corrected chi connectivity index (χ3v) is 8.47. The Kier molecular flexibility index (Phi) is 14.3. The van der Waals surface area contributed by atoms with Gasteiger partial charge in [-0.2, -0.15) is 0 Å². The van der Waals surface area contributed by atoms with Crippen molar-refractivity contribution in [1.82, 2.24) is 10.3 Å². The number of hydrogen-bond acceptors (Lipinski definition) is 13. The molecule has 3 aromatic rings. The van der Waals surface area contributed by atoms with E-state index in [9.17, 15) is 33.9 Å². The molecule has 14 heteroatoms. The number of carbonyl (C=O) groups is 6. The van der Waals surface area contributed by atoms with E-state index < -0.39 is 60.7 Å². The SMILES string of the molecule is C=Cc1cc(C(=O)Cc2ccc(C(=N)CC(=O)OC(C)OC(C)=O)cc2)c(-c2ccc(C(=O)NCC3CC3)nc2C(=O)OC(C)OC(=O)C(C)C)cc1CO. The lowest BCUT2D eigenvalue weighted by Crippen LogP contribution is -2.28. The van der Waals surface area contributed by atoms with E-state index in [1.807, 2.05) is 0 Å². The second-order valence-electron chi connectivity index (χ2n) is 13.4. The molecule has 3 N–H and O–H groups in total. The van der Waals surface area contributed by atoms with Crippen molar-refractivity contribution in [3.63, 3.8) is 0 Å². The average molecular weight is 756 g/mol. The zero-order valence-corrected chi connectivity index (χ0v) is 31.4. The fourth-order valence-electron chi connectivity index (χ4n) is 5.42. The quantitative estimate of drug-likeness (QED) is 0.0649. The van der Waals surface area contributed by atoms with Gasteiger partial charge >= 0.3 is 23.9 Å².